The lowest BCUT2D eigenvalue weighted by molar-refractivity contribution is -0.142. The number of nitrogens with one attached hydrogen (secondary N) is 1. The molecule has 0 heterocycles. The third-order valence-corrected chi connectivity index (χ3v) is 4.07. The van der Waals surface area contributed by atoms with Crippen LogP contribution in [-0.4, -0.2) is 157 Å². The number of rotatable bonds is 32. The Hall–Kier alpha value is -0.970. The summed E-state index contributed by atoms with van der Waals surface area (Å²) in [6, 6.07) is 0. The summed E-state index contributed by atoms with van der Waals surface area (Å²) in [5.74, 6) is -0.993. The molecule has 13 nitrogen and oxygen atoms in total. The number of likely N-dealkylation sites (N-methyl/N-ethyl adjacent to an activating group) is 1. The van der Waals surface area contributed by atoms with Gasteiger partial charge in [-0.05, 0) is 7.05 Å². The molecule has 0 aromatic rings. The van der Waals surface area contributed by atoms with Gasteiger partial charge in [0.05, 0.1) is 126 Å². The molecule has 0 aliphatic heterocycles. The molecule has 0 rings (SSSR count). The molecule has 0 aromatic carbocycles. The van der Waals surface area contributed by atoms with Crippen LogP contribution in [0.5, 0.6) is 0 Å². The highest BCUT2D eigenvalue weighted by atomic mass is 16.6. The SMILES string of the molecule is CNCCOCCOCCOCCOCCOCCOCCOCCOCCOCCOCC(=O)O. The standard InChI is InChI=1S/C23H47NO12/c1-24-2-3-27-4-5-28-6-7-29-8-9-30-10-11-31-12-13-32-14-15-33-16-17-34-18-19-35-20-21-36-22-23(25)26/h24H,2-22H2,1H3,(H,25,26). The first-order valence-corrected chi connectivity index (χ1v) is 12.4. The molecule has 0 spiro atoms. The predicted molar refractivity (Wildman–Crippen MR) is 130 cm³/mol. The fourth-order valence-corrected chi connectivity index (χ4v) is 2.31. The second-order valence-corrected chi connectivity index (χ2v) is 7.06. The minimum Gasteiger partial charge on any atom is -0.480 e. The second-order valence-electron chi connectivity index (χ2n) is 7.06. The summed E-state index contributed by atoms with van der Waals surface area (Å²) in [6.45, 7) is 9.87. The van der Waals surface area contributed by atoms with Crippen LogP contribution in [0, 0.1) is 0 Å². The van der Waals surface area contributed by atoms with Crippen molar-refractivity contribution in [1.29, 1.82) is 0 Å². The van der Waals surface area contributed by atoms with Gasteiger partial charge in [-0.3, -0.25) is 0 Å². The maximum atomic E-state index is 10.2. The monoisotopic (exact) mass is 529 g/mol. The minimum absolute atomic E-state index is 0.246. The van der Waals surface area contributed by atoms with Crippen LogP contribution in [0.1, 0.15) is 0 Å². The van der Waals surface area contributed by atoms with E-state index in [9.17, 15) is 4.79 Å². The Kier molecular flexibility index (Phi) is 31.2. The molecule has 0 saturated heterocycles. The highest BCUT2D eigenvalue weighted by Crippen LogP contribution is 1.86. The van der Waals surface area contributed by atoms with Crippen molar-refractivity contribution in [3.05, 3.63) is 0 Å². The molecule has 0 aromatic heterocycles. The number of hydrogen-bond donors (Lipinski definition) is 2. The number of carboxylic acid groups (broad SMARTS) is 1. The van der Waals surface area contributed by atoms with E-state index in [-0.39, 0.29) is 13.2 Å². The van der Waals surface area contributed by atoms with E-state index < -0.39 is 5.97 Å². The number of ether oxygens (including phenoxy) is 10. The van der Waals surface area contributed by atoms with Gasteiger partial charge in [-0.25, -0.2) is 4.79 Å². The van der Waals surface area contributed by atoms with Crippen molar-refractivity contribution in [2.75, 3.05) is 146 Å². The van der Waals surface area contributed by atoms with Gasteiger partial charge in [0.15, 0.2) is 0 Å². The van der Waals surface area contributed by atoms with Crippen LogP contribution >= 0.6 is 0 Å². The fourth-order valence-electron chi connectivity index (χ4n) is 2.31. The number of carboxylic acids is 1. The van der Waals surface area contributed by atoms with Crippen molar-refractivity contribution in [3.8, 4) is 0 Å². The molecule has 0 fully saturated rings. The predicted octanol–water partition coefficient (Wildman–Crippen LogP) is -0.544. The smallest absolute Gasteiger partial charge is 0.329 e. The van der Waals surface area contributed by atoms with Crippen LogP contribution in [0.15, 0.2) is 0 Å². The molecule has 0 radical (unpaired) electrons. The zero-order chi connectivity index (χ0) is 26.2. The van der Waals surface area contributed by atoms with Crippen LogP contribution in [-0.2, 0) is 52.2 Å². The van der Waals surface area contributed by atoms with Gasteiger partial charge in [0.25, 0.3) is 0 Å². The molecule has 0 saturated carbocycles. The summed E-state index contributed by atoms with van der Waals surface area (Å²) in [4.78, 5) is 10.2. The van der Waals surface area contributed by atoms with Crippen molar-refractivity contribution >= 4 is 5.97 Å². The van der Waals surface area contributed by atoms with E-state index in [2.05, 4.69) is 5.32 Å². The molecule has 0 amide bonds. The first kappa shape index (κ1) is 35.0. The highest BCUT2D eigenvalue weighted by molar-refractivity contribution is 5.67. The summed E-state index contributed by atoms with van der Waals surface area (Å²) >= 11 is 0. The fraction of sp³-hybridized carbons (Fsp3) is 0.957. The van der Waals surface area contributed by atoms with Gasteiger partial charge in [-0.2, -0.15) is 0 Å². The molecule has 0 atom stereocenters. The summed E-state index contributed by atoms with van der Waals surface area (Å²) in [5, 5.41) is 11.4. The Morgan fingerprint density at radius 3 is 0.889 bits per heavy atom. The van der Waals surface area contributed by atoms with Crippen molar-refractivity contribution in [2.45, 2.75) is 0 Å². The number of aliphatic carboxylic acids is 1. The maximum absolute atomic E-state index is 10.2. The number of hydrogen-bond acceptors (Lipinski definition) is 12. The first-order valence-electron chi connectivity index (χ1n) is 12.4. The van der Waals surface area contributed by atoms with E-state index in [1.54, 1.807) is 0 Å². The van der Waals surface area contributed by atoms with Crippen molar-refractivity contribution < 1.29 is 57.3 Å². The quantitative estimate of drug-likeness (QED) is 0.108. The van der Waals surface area contributed by atoms with Crippen molar-refractivity contribution in [3.63, 3.8) is 0 Å². The lowest BCUT2D eigenvalue weighted by Gasteiger charge is -2.09. The normalized spacial score (nSPS) is 11.4. The Morgan fingerprint density at radius 2 is 0.667 bits per heavy atom. The zero-order valence-electron chi connectivity index (χ0n) is 21.8. The van der Waals surface area contributed by atoms with Gasteiger partial charge in [0.2, 0.25) is 0 Å². The van der Waals surface area contributed by atoms with Gasteiger partial charge in [0, 0.05) is 6.54 Å². The molecule has 2 N–H and O–H groups in total. The van der Waals surface area contributed by atoms with Crippen LogP contribution in [0.2, 0.25) is 0 Å². The lowest BCUT2D eigenvalue weighted by atomic mass is 10.6. The van der Waals surface area contributed by atoms with E-state index in [0.29, 0.717) is 119 Å². The van der Waals surface area contributed by atoms with Gasteiger partial charge in [-0.1, -0.05) is 0 Å². The van der Waals surface area contributed by atoms with Gasteiger partial charge < -0.3 is 57.8 Å². The molecule has 0 aliphatic carbocycles. The summed E-state index contributed by atoms with van der Waals surface area (Å²) < 4.78 is 53.3. The Bertz CT molecular complexity index is 434. The molecule has 0 bridgehead atoms. The third kappa shape index (κ3) is 33.0. The van der Waals surface area contributed by atoms with Crippen LogP contribution in [0.3, 0.4) is 0 Å². The molecule has 36 heavy (non-hydrogen) atoms. The van der Waals surface area contributed by atoms with E-state index in [4.69, 9.17) is 52.5 Å². The molecule has 0 unspecified atom stereocenters. The second kappa shape index (κ2) is 32.1. The topological polar surface area (TPSA) is 142 Å². The molecular weight excluding hydrogens is 482 g/mol. The Labute approximate surface area is 214 Å². The molecule has 216 valence electrons. The van der Waals surface area contributed by atoms with Crippen LogP contribution in [0.25, 0.3) is 0 Å². The van der Waals surface area contributed by atoms with Crippen LogP contribution < -0.4 is 5.32 Å². The van der Waals surface area contributed by atoms with Crippen LogP contribution in [0.4, 0.5) is 0 Å². The van der Waals surface area contributed by atoms with E-state index >= 15 is 0 Å². The van der Waals surface area contributed by atoms with Gasteiger partial charge in [0.1, 0.15) is 6.61 Å². The van der Waals surface area contributed by atoms with E-state index in [0.717, 1.165) is 6.54 Å². The number of carbonyl (C=O) groups is 1. The minimum atomic E-state index is -0.993. The summed E-state index contributed by atoms with van der Waals surface area (Å²) in [7, 11) is 1.89. The van der Waals surface area contributed by atoms with Crippen molar-refractivity contribution in [1.82, 2.24) is 5.32 Å². The van der Waals surface area contributed by atoms with Crippen molar-refractivity contribution in [2.24, 2.45) is 0 Å². The van der Waals surface area contributed by atoms with E-state index in [1.807, 2.05) is 7.05 Å². The summed E-state index contributed by atoms with van der Waals surface area (Å²) in [6.07, 6.45) is 0. The highest BCUT2D eigenvalue weighted by Gasteiger charge is 1.97. The Morgan fingerprint density at radius 1 is 0.444 bits per heavy atom. The van der Waals surface area contributed by atoms with Gasteiger partial charge >= 0.3 is 5.97 Å². The third-order valence-electron chi connectivity index (χ3n) is 4.07. The average Bonchev–Trinajstić information content (AvgIpc) is 2.87. The zero-order valence-corrected chi connectivity index (χ0v) is 21.8. The summed E-state index contributed by atoms with van der Waals surface area (Å²) in [5.41, 5.74) is 0. The average molecular weight is 530 g/mol. The molecule has 0 aliphatic rings. The first-order chi connectivity index (χ1) is 17.8. The molecule has 13 heteroatoms. The Balaban J connectivity index is 3.02. The van der Waals surface area contributed by atoms with E-state index in [1.165, 1.54) is 0 Å². The lowest BCUT2D eigenvalue weighted by Crippen LogP contribution is -2.17. The molecular formula is C23H47NO12. The largest absolute Gasteiger partial charge is 0.480 e. The maximum Gasteiger partial charge on any atom is 0.329 e. The van der Waals surface area contributed by atoms with Gasteiger partial charge in [-0.15, -0.1) is 0 Å².